The Morgan fingerprint density at radius 2 is 1.79 bits per heavy atom. The van der Waals surface area contributed by atoms with Crippen LogP contribution in [0.25, 0.3) is 22.5 Å². The van der Waals surface area contributed by atoms with Gasteiger partial charge in [-0.3, -0.25) is 4.98 Å². The van der Waals surface area contributed by atoms with Gasteiger partial charge in [-0.25, -0.2) is 0 Å². The number of piperidine rings is 1. The molecule has 5 heteroatoms. The minimum atomic E-state index is 0.457. The number of nitrogens with zero attached hydrogens (tertiary/aromatic N) is 2. The Morgan fingerprint density at radius 1 is 0.964 bits per heavy atom. The van der Waals surface area contributed by atoms with Crippen molar-refractivity contribution in [2.45, 2.75) is 31.6 Å². The molecule has 0 atom stereocenters. The van der Waals surface area contributed by atoms with Gasteiger partial charge in [-0.15, -0.1) is 0 Å². The molecule has 5 rings (SSSR count). The lowest BCUT2D eigenvalue weighted by Crippen LogP contribution is -2.26. The lowest BCUT2D eigenvalue weighted by Gasteiger charge is -2.20. The first-order chi connectivity index (χ1) is 13.8. The molecule has 28 heavy (non-hydrogen) atoms. The summed E-state index contributed by atoms with van der Waals surface area (Å²) >= 11 is 0. The third-order valence-corrected chi connectivity index (χ3v) is 5.91. The Labute approximate surface area is 164 Å². The first-order valence-electron chi connectivity index (χ1n) is 9.93. The lowest BCUT2D eigenvalue weighted by molar-refractivity contribution is 0.318. The SMILES string of the molecule is ON=C1CCc2cc(-c3oc(C4CCNCC4)cc3-c3ccncc3)ccc21. The van der Waals surface area contributed by atoms with Crippen LogP contribution in [-0.4, -0.2) is 29.0 Å². The monoisotopic (exact) mass is 373 g/mol. The van der Waals surface area contributed by atoms with Crippen LogP contribution in [0.15, 0.2) is 58.4 Å². The molecule has 1 aliphatic carbocycles. The van der Waals surface area contributed by atoms with E-state index < -0.39 is 0 Å². The minimum absolute atomic E-state index is 0.457. The Bertz CT molecular complexity index is 1020. The van der Waals surface area contributed by atoms with E-state index >= 15 is 0 Å². The topological polar surface area (TPSA) is 70.7 Å². The van der Waals surface area contributed by atoms with E-state index in [-0.39, 0.29) is 0 Å². The van der Waals surface area contributed by atoms with Gasteiger partial charge >= 0.3 is 0 Å². The van der Waals surface area contributed by atoms with E-state index in [0.29, 0.717) is 5.92 Å². The van der Waals surface area contributed by atoms with E-state index in [1.807, 2.05) is 24.5 Å². The molecule has 0 radical (unpaired) electrons. The highest BCUT2D eigenvalue weighted by atomic mass is 16.4. The second kappa shape index (κ2) is 7.24. The van der Waals surface area contributed by atoms with Crippen molar-refractivity contribution in [2.24, 2.45) is 5.16 Å². The van der Waals surface area contributed by atoms with Crippen molar-refractivity contribution in [1.29, 1.82) is 0 Å². The molecule has 1 aliphatic heterocycles. The fourth-order valence-corrected chi connectivity index (χ4v) is 4.39. The maximum atomic E-state index is 9.20. The van der Waals surface area contributed by atoms with Crippen molar-refractivity contribution >= 4 is 5.71 Å². The molecule has 2 N–H and O–H groups in total. The molecule has 1 aromatic carbocycles. The van der Waals surface area contributed by atoms with Gasteiger partial charge in [0.25, 0.3) is 0 Å². The Hall–Kier alpha value is -2.92. The highest BCUT2D eigenvalue weighted by molar-refractivity contribution is 6.04. The average molecular weight is 373 g/mol. The third-order valence-electron chi connectivity index (χ3n) is 5.91. The lowest BCUT2D eigenvalue weighted by atomic mass is 9.94. The second-order valence-electron chi connectivity index (χ2n) is 7.57. The Morgan fingerprint density at radius 3 is 2.57 bits per heavy atom. The number of benzene rings is 1. The average Bonchev–Trinajstić information content (AvgIpc) is 3.39. The molecule has 0 amide bonds. The highest BCUT2D eigenvalue weighted by Gasteiger charge is 2.24. The van der Waals surface area contributed by atoms with E-state index in [1.165, 1.54) is 5.56 Å². The number of rotatable bonds is 3. The highest BCUT2D eigenvalue weighted by Crippen LogP contribution is 2.40. The van der Waals surface area contributed by atoms with Crippen molar-refractivity contribution in [3.63, 3.8) is 0 Å². The molecule has 2 aliphatic rings. The molecule has 0 saturated carbocycles. The summed E-state index contributed by atoms with van der Waals surface area (Å²) in [4.78, 5) is 4.16. The number of oxime groups is 1. The van der Waals surface area contributed by atoms with Gasteiger partial charge in [0, 0.05) is 35.0 Å². The largest absolute Gasteiger partial charge is 0.460 e. The van der Waals surface area contributed by atoms with E-state index in [9.17, 15) is 5.21 Å². The van der Waals surface area contributed by atoms with Crippen LogP contribution >= 0.6 is 0 Å². The quantitative estimate of drug-likeness (QED) is 0.520. The zero-order valence-electron chi connectivity index (χ0n) is 15.7. The standard InChI is InChI=1S/C23H23N3O2/c27-26-21-4-2-17-13-18(1-3-19(17)21)23-20(15-5-9-24-10-6-15)14-22(28-23)16-7-11-25-12-8-16/h1,3,5-6,9-10,13-14,16,25,27H,2,4,7-8,11-12H2. The van der Waals surface area contributed by atoms with E-state index in [4.69, 9.17) is 4.42 Å². The fourth-order valence-electron chi connectivity index (χ4n) is 4.39. The van der Waals surface area contributed by atoms with E-state index in [0.717, 1.165) is 78.3 Å². The van der Waals surface area contributed by atoms with Crippen molar-refractivity contribution in [3.8, 4) is 22.5 Å². The molecule has 1 saturated heterocycles. The predicted octanol–water partition coefficient (Wildman–Crippen LogP) is 4.60. The first-order valence-corrected chi connectivity index (χ1v) is 9.93. The number of pyridine rings is 1. The van der Waals surface area contributed by atoms with Crippen molar-refractivity contribution in [3.05, 3.63) is 65.7 Å². The van der Waals surface area contributed by atoms with E-state index in [1.54, 1.807) is 0 Å². The number of aryl methyl sites for hydroxylation is 1. The van der Waals surface area contributed by atoms with Gasteiger partial charge in [0.1, 0.15) is 11.5 Å². The number of aromatic nitrogens is 1. The Kier molecular flexibility index (Phi) is 4.45. The maximum Gasteiger partial charge on any atom is 0.142 e. The van der Waals surface area contributed by atoms with Crippen molar-refractivity contribution < 1.29 is 9.62 Å². The molecule has 0 bridgehead atoms. The zero-order valence-corrected chi connectivity index (χ0v) is 15.7. The molecule has 3 aromatic rings. The van der Waals surface area contributed by atoms with Gasteiger partial charge in [-0.2, -0.15) is 0 Å². The van der Waals surface area contributed by atoms with Crippen LogP contribution in [0, 0.1) is 0 Å². The number of hydrogen-bond donors (Lipinski definition) is 2. The number of furan rings is 1. The molecule has 2 aromatic heterocycles. The van der Waals surface area contributed by atoms with Gasteiger partial charge in [-0.05, 0) is 74.2 Å². The van der Waals surface area contributed by atoms with Crippen LogP contribution in [0.1, 0.15) is 42.1 Å². The zero-order chi connectivity index (χ0) is 18.9. The van der Waals surface area contributed by atoms with Gasteiger partial charge in [0.15, 0.2) is 0 Å². The Balaban J connectivity index is 1.61. The van der Waals surface area contributed by atoms with Gasteiger partial charge in [0.2, 0.25) is 0 Å². The summed E-state index contributed by atoms with van der Waals surface area (Å²) in [7, 11) is 0. The predicted molar refractivity (Wildman–Crippen MR) is 109 cm³/mol. The third kappa shape index (κ3) is 3.02. The van der Waals surface area contributed by atoms with E-state index in [2.05, 4.69) is 39.7 Å². The van der Waals surface area contributed by atoms with Crippen LogP contribution in [-0.2, 0) is 6.42 Å². The summed E-state index contributed by atoms with van der Waals surface area (Å²) < 4.78 is 6.48. The number of nitrogens with one attached hydrogen (secondary N) is 1. The fraction of sp³-hybridized carbons (Fsp3) is 0.304. The molecular formula is C23H23N3O2. The normalized spacial score (nSPS) is 18.5. The van der Waals surface area contributed by atoms with Crippen LogP contribution in [0.3, 0.4) is 0 Å². The second-order valence-corrected chi connectivity index (χ2v) is 7.57. The van der Waals surface area contributed by atoms with Crippen LogP contribution in [0.4, 0.5) is 0 Å². The van der Waals surface area contributed by atoms with Crippen LogP contribution in [0.5, 0.6) is 0 Å². The summed E-state index contributed by atoms with van der Waals surface area (Å²) in [6.45, 7) is 2.07. The smallest absolute Gasteiger partial charge is 0.142 e. The van der Waals surface area contributed by atoms with Crippen LogP contribution < -0.4 is 5.32 Å². The number of hydrogen-bond acceptors (Lipinski definition) is 5. The van der Waals surface area contributed by atoms with Gasteiger partial charge in [-0.1, -0.05) is 17.3 Å². The van der Waals surface area contributed by atoms with Crippen molar-refractivity contribution in [1.82, 2.24) is 10.3 Å². The molecule has 142 valence electrons. The van der Waals surface area contributed by atoms with Gasteiger partial charge in [0.05, 0.1) is 5.71 Å². The maximum absolute atomic E-state index is 9.20. The summed E-state index contributed by atoms with van der Waals surface area (Å²) in [6, 6.07) is 12.6. The van der Waals surface area contributed by atoms with Gasteiger partial charge < -0.3 is 14.9 Å². The summed E-state index contributed by atoms with van der Waals surface area (Å²) in [5, 5.41) is 16.1. The summed E-state index contributed by atoms with van der Waals surface area (Å²) in [5.41, 5.74) is 6.33. The molecular weight excluding hydrogens is 350 g/mol. The molecule has 3 heterocycles. The summed E-state index contributed by atoms with van der Waals surface area (Å²) in [5.74, 6) is 2.44. The molecule has 0 spiro atoms. The molecule has 5 nitrogen and oxygen atoms in total. The molecule has 1 fully saturated rings. The van der Waals surface area contributed by atoms with Crippen LogP contribution in [0.2, 0.25) is 0 Å². The number of fused-ring (bicyclic) bond motifs is 1. The minimum Gasteiger partial charge on any atom is -0.460 e. The molecule has 0 unspecified atom stereocenters. The first kappa shape index (κ1) is 17.2. The van der Waals surface area contributed by atoms with Crippen molar-refractivity contribution in [2.75, 3.05) is 13.1 Å². The summed E-state index contributed by atoms with van der Waals surface area (Å²) in [6.07, 6.45) is 7.53.